The third-order valence-electron chi connectivity index (χ3n) is 1.95. The van der Waals surface area contributed by atoms with E-state index in [1.54, 1.807) is 0 Å². The fourth-order valence-electron chi connectivity index (χ4n) is 1.29. The summed E-state index contributed by atoms with van der Waals surface area (Å²) in [5, 5.41) is -0.515. The van der Waals surface area contributed by atoms with E-state index in [0.29, 0.717) is 6.42 Å². The van der Waals surface area contributed by atoms with Crippen molar-refractivity contribution in [2.24, 2.45) is 0 Å². The highest BCUT2D eigenvalue weighted by Gasteiger charge is 2.38. The van der Waals surface area contributed by atoms with Gasteiger partial charge in [-0.1, -0.05) is 21.6 Å². The highest BCUT2D eigenvalue weighted by atomic mass is 33.1. The van der Waals surface area contributed by atoms with Gasteiger partial charge in [0.15, 0.2) is 0 Å². The van der Waals surface area contributed by atoms with Gasteiger partial charge in [-0.15, -0.1) is 0 Å². The van der Waals surface area contributed by atoms with E-state index in [-0.39, 0.29) is 34.6 Å². The molecule has 0 aliphatic carbocycles. The molecule has 2 atom stereocenters. The Balaban J connectivity index is 2.41. The molecule has 0 aromatic heterocycles. The van der Waals surface area contributed by atoms with Crippen LogP contribution in [0.5, 0.6) is 0 Å². The number of esters is 2. The van der Waals surface area contributed by atoms with Crippen LogP contribution in [-0.2, 0) is 19.1 Å². The zero-order chi connectivity index (χ0) is 13.0. The lowest BCUT2D eigenvalue weighted by Gasteiger charge is -2.12. The second-order valence-electron chi connectivity index (χ2n) is 4.38. The van der Waals surface area contributed by atoms with Gasteiger partial charge < -0.3 is 9.47 Å². The number of carbonyl (C=O) groups excluding carboxylic acids is 2. The Hall–Kier alpha value is -0.360. The van der Waals surface area contributed by atoms with Gasteiger partial charge in [0.1, 0.15) is 10.5 Å². The minimum Gasteiger partial charge on any atom is -0.462 e. The normalized spacial score (nSPS) is 24.1. The van der Waals surface area contributed by atoms with Crippen molar-refractivity contribution in [3.8, 4) is 0 Å². The lowest BCUT2D eigenvalue weighted by atomic mass is 10.2. The average Bonchev–Trinajstić information content (AvgIpc) is 2.63. The van der Waals surface area contributed by atoms with Gasteiger partial charge in [-0.2, -0.15) is 0 Å². The predicted octanol–water partition coefficient (Wildman–Crippen LogP) is 2.41. The van der Waals surface area contributed by atoms with Crippen LogP contribution in [-0.4, -0.2) is 34.6 Å². The van der Waals surface area contributed by atoms with Crippen LogP contribution in [0.3, 0.4) is 0 Å². The molecule has 1 aliphatic heterocycles. The molecule has 1 heterocycles. The van der Waals surface area contributed by atoms with Crippen molar-refractivity contribution < 1.29 is 19.1 Å². The quantitative estimate of drug-likeness (QED) is 0.581. The molecule has 0 amide bonds. The highest BCUT2D eigenvalue weighted by Crippen LogP contribution is 2.44. The first kappa shape index (κ1) is 14.7. The molecule has 0 radical (unpaired) electrons. The van der Waals surface area contributed by atoms with Gasteiger partial charge in [0.05, 0.1) is 12.2 Å². The van der Waals surface area contributed by atoms with Gasteiger partial charge in [0.25, 0.3) is 0 Å². The topological polar surface area (TPSA) is 52.6 Å². The number of carbonyl (C=O) groups is 2. The van der Waals surface area contributed by atoms with Crippen molar-refractivity contribution in [1.82, 2.24) is 0 Å². The number of rotatable bonds is 4. The summed E-state index contributed by atoms with van der Waals surface area (Å²) in [5.41, 5.74) is 0. The summed E-state index contributed by atoms with van der Waals surface area (Å²) in [5.74, 6) is -0.477. The molecule has 6 heteroatoms. The van der Waals surface area contributed by atoms with Crippen molar-refractivity contribution in [2.75, 3.05) is 0 Å². The first-order chi connectivity index (χ1) is 7.90. The summed E-state index contributed by atoms with van der Waals surface area (Å²) in [7, 11) is 2.79. The van der Waals surface area contributed by atoms with Crippen LogP contribution in [0.4, 0.5) is 0 Å². The Morgan fingerprint density at radius 1 is 0.941 bits per heavy atom. The van der Waals surface area contributed by atoms with Gasteiger partial charge in [-0.3, -0.25) is 9.59 Å². The molecule has 0 aromatic carbocycles. The molecule has 1 saturated heterocycles. The van der Waals surface area contributed by atoms with Crippen molar-refractivity contribution in [1.29, 1.82) is 0 Å². The van der Waals surface area contributed by atoms with Crippen LogP contribution in [0.2, 0.25) is 0 Å². The number of hydrogen-bond donors (Lipinski definition) is 0. The fraction of sp³-hybridized carbons (Fsp3) is 0.818. The van der Waals surface area contributed by atoms with Gasteiger partial charge in [-0.05, 0) is 34.1 Å². The van der Waals surface area contributed by atoms with Crippen LogP contribution in [0.15, 0.2) is 0 Å². The second kappa shape index (κ2) is 6.54. The Labute approximate surface area is 110 Å². The summed E-state index contributed by atoms with van der Waals surface area (Å²) >= 11 is 0. The summed E-state index contributed by atoms with van der Waals surface area (Å²) in [6.45, 7) is 7.26. The van der Waals surface area contributed by atoms with Crippen molar-refractivity contribution >= 4 is 33.5 Å². The van der Waals surface area contributed by atoms with Crippen molar-refractivity contribution in [3.05, 3.63) is 0 Å². The maximum Gasteiger partial charge on any atom is 0.320 e. The first-order valence-electron chi connectivity index (χ1n) is 5.63. The maximum absolute atomic E-state index is 11.6. The average molecular weight is 278 g/mol. The van der Waals surface area contributed by atoms with E-state index in [1.807, 2.05) is 27.7 Å². The van der Waals surface area contributed by atoms with E-state index in [0.717, 1.165) is 0 Å². The number of ether oxygens (including phenoxy) is 2. The monoisotopic (exact) mass is 278 g/mol. The molecule has 0 saturated carbocycles. The van der Waals surface area contributed by atoms with Gasteiger partial charge in [0, 0.05) is 0 Å². The van der Waals surface area contributed by atoms with Crippen LogP contribution in [0.25, 0.3) is 0 Å². The Bertz CT molecular complexity index is 263. The van der Waals surface area contributed by atoms with Crippen LogP contribution in [0, 0.1) is 0 Å². The van der Waals surface area contributed by atoms with E-state index < -0.39 is 0 Å². The zero-order valence-electron chi connectivity index (χ0n) is 10.5. The Kier molecular flexibility index (Phi) is 5.66. The van der Waals surface area contributed by atoms with Crippen molar-refractivity contribution in [2.45, 2.75) is 56.8 Å². The Morgan fingerprint density at radius 3 is 1.59 bits per heavy atom. The summed E-state index contributed by atoms with van der Waals surface area (Å²) in [6, 6.07) is 0. The minimum absolute atomic E-state index is 0.116. The van der Waals surface area contributed by atoms with Gasteiger partial charge in [0.2, 0.25) is 0 Å². The molecule has 0 spiro atoms. The van der Waals surface area contributed by atoms with E-state index >= 15 is 0 Å². The van der Waals surface area contributed by atoms with E-state index in [9.17, 15) is 9.59 Å². The van der Waals surface area contributed by atoms with Gasteiger partial charge >= 0.3 is 11.9 Å². The molecule has 0 bridgehead atoms. The second-order valence-corrected chi connectivity index (χ2v) is 7.05. The molecule has 1 fully saturated rings. The predicted molar refractivity (Wildman–Crippen MR) is 69.8 cm³/mol. The summed E-state index contributed by atoms with van der Waals surface area (Å²) in [6.07, 6.45) is 0.261. The number of hydrogen-bond acceptors (Lipinski definition) is 6. The third-order valence-corrected chi connectivity index (χ3v) is 5.02. The Morgan fingerprint density at radius 2 is 1.29 bits per heavy atom. The third kappa shape index (κ3) is 4.79. The SMILES string of the molecule is CC(C)OC(=O)[C@@H]1C[C@H](C(=O)OC(C)C)SS1. The molecule has 1 rings (SSSR count). The highest BCUT2D eigenvalue weighted by molar-refractivity contribution is 8.78. The maximum atomic E-state index is 11.6. The zero-order valence-corrected chi connectivity index (χ0v) is 12.1. The van der Waals surface area contributed by atoms with E-state index in [1.165, 1.54) is 21.6 Å². The first-order valence-corrected chi connectivity index (χ1v) is 7.91. The minimum atomic E-state index is -0.257. The van der Waals surface area contributed by atoms with E-state index in [2.05, 4.69) is 0 Å². The molecule has 4 nitrogen and oxygen atoms in total. The molecule has 98 valence electrons. The molecule has 0 aromatic rings. The lowest BCUT2D eigenvalue weighted by Crippen LogP contribution is -2.26. The van der Waals surface area contributed by atoms with Gasteiger partial charge in [-0.25, -0.2) is 0 Å². The smallest absolute Gasteiger partial charge is 0.320 e. The molecular weight excluding hydrogens is 260 g/mol. The molecule has 0 unspecified atom stereocenters. The van der Waals surface area contributed by atoms with Crippen molar-refractivity contribution in [3.63, 3.8) is 0 Å². The summed E-state index contributed by atoms with van der Waals surface area (Å²) < 4.78 is 10.2. The standard InChI is InChI=1S/C11H18O4S2/c1-6(2)14-10(12)8-5-9(17-16-8)11(13)15-7(3)4/h6-9H,5H2,1-4H3/t8-,9+. The van der Waals surface area contributed by atoms with Crippen LogP contribution in [0.1, 0.15) is 34.1 Å². The fourth-order valence-corrected chi connectivity index (χ4v) is 4.24. The molecule has 1 aliphatic rings. The molecular formula is C11H18O4S2. The van der Waals surface area contributed by atoms with Crippen LogP contribution < -0.4 is 0 Å². The summed E-state index contributed by atoms with van der Waals surface area (Å²) in [4.78, 5) is 23.3. The largest absolute Gasteiger partial charge is 0.462 e. The van der Waals surface area contributed by atoms with Crippen LogP contribution >= 0.6 is 21.6 Å². The lowest BCUT2D eigenvalue weighted by molar-refractivity contribution is -0.148. The van der Waals surface area contributed by atoms with E-state index in [4.69, 9.17) is 9.47 Å². The molecule has 17 heavy (non-hydrogen) atoms. The molecule has 0 N–H and O–H groups in total.